The summed E-state index contributed by atoms with van der Waals surface area (Å²) in [5.41, 5.74) is 2.59. The number of aromatic amines is 1. The molecular formula is C16H15N5O2. The molecule has 0 saturated carbocycles. The number of rotatable bonds is 4. The molecule has 23 heavy (non-hydrogen) atoms. The molecule has 7 heteroatoms. The molecule has 3 aromatic rings. The lowest BCUT2D eigenvalue weighted by Crippen LogP contribution is -2.14. The van der Waals surface area contributed by atoms with Crippen LogP contribution in [0.1, 0.15) is 21.9 Å². The van der Waals surface area contributed by atoms with Crippen molar-refractivity contribution in [3.8, 4) is 11.6 Å². The predicted octanol–water partition coefficient (Wildman–Crippen LogP) is 2.86. The van der Waals surface area contributed by atoms with E-state index in [1.165, 1.54) is 6.20 Å². The molecule has 3 rings (SSSR count). The van der Waals surface area contributed by atoms with Crippen molar-refractivity contribution in [1.29, 1.82) is 0 Å². The first kappa shape index (κ1) is 14.7. The topological polar surface area (TPSA) is 92.8 Å². The fourth-order valence-electron chi connectivity index (χ4n) is 1.88. The van der Waals surface area contributed by atoms with Crippen molar-refractivity contribution >= 4 is 11.6 Å². The van der Waals surface area contributed by atoms with Gasteiger partial charge in [-0.1, -0.05) is 0 Å². The minimum Gasteiger partial charge on any atom is -0.438 e. The zero-order chi connectivity index (χ0) is 16.2. The van der Waals surface area contributed by atoms with Gasteiger partial charge in [0.05, 0.1) is 11.9 Å². The number of ether oxygens (including phenoxy) is 1. The van der Waals surface area contributed by atoms with Crippen LogP contribution in [0.5, 0.6) is 11.6 Å². The Hall–Kier alpha value is -3.22. The Bertz CT molecular complexity index is 809. The number of nitrogens with one attached hydrogen (secondary N) is 2. The highest BCUT2D eigenvalue weighted by molar-refractivity contribution is 6.02. The van der Waals surface area contributed by atoms with Gasteiger partial charge in [-0.3, -0.25) is 14.9 Å². The molecule has 0 atom stereocenters. The minimum absolute atomic E-state index is 0.267. The number of aryl methyl sites for hydroxylation is 2. The summed E-state index contributed by atoms with van der Waals surface area (Å²) in [5, 5.41) is 9.55. The van der Waals surface area contributed by atoms with Crippen molar-refractivity contribution < 1.29 is 9.53 Å². The van der Waals surface area contributed by atoms with Crippen LogP contribution < -0.4 is 10.1 Å². The molecule has 0 saturated heterocycles. The molecule has 1 aromatic carbocycles. The average Bonchev–Trinajstić information content (AvgIpc) is 2.95. The maximum Gasteiger partial charge on any atom is 0.275 e. The van der Waals surface area contributed by atoms with Gasteiger partial charge in [0.15, 0.2) is 0 Å². The van der Waals surface area contributed by atoms with E-state index in [9.17, 15) is 4.79 Å². The Morgan fingerprint density at radius 3 is 2.52 bits per heavy atom. The lowest BCUT2D eigenvalue weighted by molar-refractivity contribution is 0.102. The van der Waals surface area contributed by atoms with Crippen molar-refractivity contribution in [2.24, 2.45) is 0 Å². The Morgan fingerprint density at radius 2 is 1.91 bits per heavy atom. The van der Waals surface area contributed by atoms with Gasteiger partial charge in [-0.15, -0.1) is 5.10 Å². The Kier molecular flexibility index (Phi) is 4.01. The van der Waals surface area contributed by atoms with Crippen LogP contribution >= 0.6 is 0 Å². The van der Waals surface area contributed by atoms with Gasteiger partial charge in [-0.05, 0) is 38.1 Å². The van der Waals surface area contributed by atoms with Crippen LogP contribution in [0.15, 0.2) is 42.7 Å². The van der Waals surface area contributed by atoms with Crippen molar-refractivity contribution in [1.82, 2.24) is 20.2 Å². The number of anilines is 1. The molecule has 2 N–H and O–H groups in total. The highest BCUT2D eigenvalue weighted by Crippen LogP contribution is 2.22. The second-order valence-electron chi connectivity index (χ2n) is 5.01. The third-order valence-corrected chi connectivity index (χ3v) is 3.03. The molecule has 0 spiro atoms. The standard InChI is InChI=1S/C16H15N5O2/c1-10-7-15(21-20-10)23-13-5-3-12(4-6-13)19-16(22)14-9-17-11(2)8-18-14/h3-9H,1-2H3,(H,19,22)(H,20,21). The van der Waals surface area contributed by atoms with E-state index in [1.807, 2.05) is 13.8 Å². The summed E-state index contributed by atoms with van der Waals surface area (Å²) in [6, 6.07) is 8.79. The first-order chi connectivity index (χ1) is 11.1. The van der Waals surface area contributed by atoms with Crippen LogP contribution in [0, 0.1) is 13.8 Å². The fourth-order valence-corrected chi connectivity index (χ4v) is 1.88. The number of amides is 1. The molecule has 0 aliphatic heterocycles. The van der Waals surface area contributed by atoms with E-state index < -0.39 is 0 Å². The number of hydrogen-bond acceptors (Lipinski definition) is 5. The maximum atomic E-state index is 12.0. The highest BCUT2D eigenvalue weighted by Gasteiger charge is 2.08. The van der Waals surface area contributed by atoms with E-state index in [0.29, 0.717) is 17.3 Å². The summed E-state index contributed by atoms with van der Waals surface area (Å²) in [7, 11) is 0. The van der Waals surface area contributed by atoms with Gasteiger partial charge in [0.1, 0.15) is 11.4 Å². The molecule has 0 unspecified atom stereocenters. The monoisotopic (exact) mass is 309 g/mol. The van der Waals surface area contributed by atoms with E-state index in [-0.39, 0.29) is 11.6 Å². The minimum atomic E-state index is -0.311. The molecule has 2 aromatic heterocycles. The zero-order valence-corrected chi connectivity index (χ0v) is 12.7. The Balaban J connectivity index is 1.65. The fraction of sp³-hybridized carbons (Fsp3) is 0.125. The average molecular weight is 309 g/mol. The van der Waals surface area contributed by atoms with Gasteiger partial charge in [-0.2, -0.15) is 0 Å². The summed E-state index contributed by atoms with van der Waals surface area (Å²) in [5.74, 6) is 0.813. The highest BCUT2D eigenvalue weighted by atomic mass is 16.5. The Morgan fingerprint density at radius 1 is 1.13 bits per heavy atom. The quantitative estimate of drug-likeness (QED) is 0.773. The van der Waals surface area contributed by atoms with Gasteiger partial charge in [0.2, 0.25) is 5.88 Å². The number of carbonyl (C=O) groups excluding carboxylic acids is 1. The van der Waals surface area contributed by atoms with Gasteiger partial charge >= 0.3 is 0 Å². The first-order valence-electron chi connectivity index (χ1n) is 7.00. The number of benzene rings is 1. The van der Waals surface area contributed by atoms with Crippen LogP contribution in [-0.4, -0.2) is 26.1 Å². The smallest absolute Gasteiger partial charge is 0.275 e. The van der Waals surface area contributed by atoms with Gasteiger partial charge in [0, 0.05) is 23.6 Å². The zero-order valence-electron chi connectivity index (χ0n) is 12.7. The van der Waals surface area contributed by atoms with Gasteiger partial charge < -0.3 is 10.1 Å². The van der Waals surface area contributed by atoms with Crippen LogP contribution in [0.2, 0.25) is 0 Å². The molecular weight excluding hydrogens is 294 g/mol. The molecule has 0 bridgehead atoms. The van der Waals surface area contributed by atoms with Crippen LogP contribution in [0.25, 0.3) is 0 Å². The maximum absolute atomic E-state index is 12.0. The largest absolute Gasteiger partial charge is 0.438 e. The van der Waals surface area contributed by atoms with Crippen molar-refractivity contribution in [3.05, 3.63) is 59.8 Å². The normalized spacial score (nSPS) is 10.3. The summed E-state index contributed by atoms with van der Waals surface area (Å²) < 4.78 is 5.58. The molecule has 2 heterocycles. The lowest BCUT2D eigenvalue weighted by Gasteiger charge is -2.06. The number of carbonyl (C=O) groups is 1. The third-order valence-electron chi connectivity index (χ3n) is 3.03. The van der Waals surface area contributed by atoms with Crippen LogP contribution in [0.3, 0.4) is 0 Å². The molecule has 0 fully saturated rings. The summed E-state index contributed by atoms with van der Waals surface area (Å²) in [4.78, 5) is 20.1. The predicted molar refractivity (Wildman–Crippen MR) is 84.6 cm³/mol. The molecule has 0 aliphatic rings. The molecule has 7 nitrogen and oxygen atoms in total. The number of aromatic nitrogens is 4. The van der Waals surface area contributed by atoms with Crippen LogP contribution in [-0.2, 0) is 0 Å². The van der Waals surface area contributed by atoms with E-state index in [0.717, 1.165) is 11.4 Å². The third kappa shape index (κ3) is 3.70. The Labute approximate surface area is 132 Å². The van der Waals surface area contributed by atoms with Crippen molar-refractivity contribution in [3.63, 3.8) is 0 Å². The first-order valence-corrected chi connectivity index (χ1v) is 7.00. The summed E-state index contributed by atoms with van der Waals surface area (Å²) >= 11 is 0. The van der Waals surface area contributed by atoms with E-state index in [4.69, 9.17) is 4.74 Å². The van der Waals surface area contributed by atoms with E-state index in [2.05, 4.69) is 25.5 Å². The van der Waals surface area contributed by atoms with E-state index in [1.54, 1.807) is 36.5 Å². The molecule has 116 valence electrons. The van der Waals surface area contributed by atoms with E-state index >= 15 is 0 Å². The van der Waals surface area contributed by atoms with Gasteiger partial charge in [0.25, 0.3) is 5.91 Å². The van der Waals surface area contributed by atoms with Crippen LogP contribution in [0.4, 0.5) is 5.69 Å². The molecule has 0 radical (unpaired) electrons. The second-order valence-corrected chi connectivity index (χ2v) is 5.01. The number of H-pyrrole nitrogens is 1. The van der Waals surface area contributed by atoms with Gasteiger partial charge in [-0.25, -0.2) is 4.98 Å². The summed E-state index contributed by atoms with van der Waals surface area (Å²) in [6.07, 6.45) is 3.00. The van der Waals surface area contributed by atoms with Crippen molar-refractivity contribution in [2.75, 3.05) is 5.32 Å². The molecule has 1 amide bonds. The lowest BCUT2D eigenvalue weighted by atomic mass is 10.3. The number of hydrogen-bond donors (Lipinski definition) is 2. The second kappa shape index (κ2) is 6.27. The summed E-state index contributed by atoms with van der Waals surface area (Å²) in [6.45, 7) is 3.71. The molecule has 0 aliphatic carbocycles. The number of nitrogens with zero attached hydrogens (tertiary/aromatic N) is 3. The SMILES string of the molecule is Cc1cnc(C(=O)Nc2ccc(Oc3cc(C)[nH]n3)cc2)cn1. The van der Waals surface area contributed by atoms with Crippen molar-refractivity contribution in [2.45, 2.75) is 13.8 Å².